The highest BCUT2D eigenvalue weighted by Gasteiger charge is 2.33. The molecule has 1 aliphatic heterocycles. The molecule has 0 amide bonds. The van der Waals surface area contributed by atoms with Gasteiger partial charge in [0.15, 0.2) is 39.4 Å². The minimum atomic E-state index is -4.54. The van der Waals surface area contributed by atoms with Crippen molar-refractivity contribution in [1.29, 1.82) is 0 Å². The molecule has 13 rings (SSSR count). The largest absolute Gasteiger partial charge is 0.744 e. The molecular weight excluding hydrogens is 1630 g/mol. The summed E-state index contributed by atoms with van der Waals surface area (Å²) in [7, 11) is -8.63. The lowest BCUT2D eigenvalue weighted by Gasteiger charge is -2.15. The maximum Gasteiger partial charge on any atom is 0.349 e. The molecule has 1 heterocycles. The highest BCUT2D eigenvalue weighted by atomic mass is 32.2. The minimum absolute atomic E-state index is 0.0146. The van der Waals surface area contributed by atoms with Crippen molar-refractivity contribution in [2.24, 2.45) is 5.41 Å². The third kappa shape index (κ3) is 31.9. The predicted molar refractivity (Wildman–Crippen MR) is 498 cm³/mol. The average Bonchev–Trinajstić information content (AvgIpc) is 0.885. The third-order valence-electron chi connectivity index (χ3n) is 21.0. The van der Waals surface area contributed by atoms with E-state index in [1.54, 1.807) is 18.2 Å². The number of benzene rings is 12. The fraction of sp³-hybridized carbons (Fsp3) is 0.288. The summed E-state index contributed by atoms with van der Waals surface area (Å²) in [6.45, 7) is 27.4. The van der Waals surface area contributed by atoms with Gasteiger partial charge in [-0.1, -0.05) is 240 Å². The monoisotopic (exact) mass is 1750 g/mol. The summed E-state index contributed by atoms with van der Waals surface area (Å²) in [5.74, 6) is 7.17. The molecule has 652 valence electrons. The lowest BCUT2D eigenvalue weighted by molar-refractivity contribution is -0.137. The first kappa shape index (κ1) is 98.3. The molecule has 0 saturated carbocycles. The lowest BCUT2D eigenvalue weighted by Crippen LogP contribution is -2.28. The number of carbonyl (C=O) groups excluding carboxylic acids is 4. The van der Waals surface area contributed by atoms with Crippen molar-refractivity contribution in [1.82, 2.24) is 0 Å². The molecule has 12 aromatic carbocycles. The fourth-order valence-corrected chi connectivity index (χ4v) is 18.2. The number of ketones is 1. The van der Waals surface area contributed by atoms with Crippen LogP contribution in [-0.4, -0.2) is 80.1 Å². The van der Waals surface area contributed by atoms with Crippen molar-refractivity contribution in [2.45, 2.75) is 183 Å². The lowest BCUT2D eigenvalue weighted by atomic mass is 9.92. The van der Waals surface area contributed by atoms with Gasteiger partial charge < -0.3 is 37.5 Å². The zero-order valence-corrected chi connectivity index (χ0v) is 76.5. The Labute approximate surface area is 740 Å². The van der Waals surface area contributed by atoms with E-state index in [0.717, 1.165) is 83.4 Å². The van der Waals surface area contributed by atoms with Gasteiger partial charge in [-0.2, -0.15) is 0 Å². The van der Waals surface area contributed by atoms with Crippen LogP contribution in [0, 0.1) is 19.3 Å². The van der Waals surface area contributed by atoms with Crippen LogP contribution in [0.4, 0.5) is 0 Å². The molecule has 20 heteroatoms. The third-order valence-corrected chi connectivity index (χ3v) is 27.4. The molecule has 0 spiro atoms. The van der Waals surface area contributed by atoms with Crippen LogP contribution in [0.2, 0.25) is 0 Å². The van der Waals surface area contributed by atoms with Crippen molar-refractivity contribution in [3.8, 4) is 34.5 Å². The highest BCUT2D eigenvalue weighted by molar-refractivity contribution is 7.97. The maximum atomic E-state index is 12.2. The maximum absolute atomic E-state index is 12.2. The first-order valence-electron chi connectivity index (χ1n) is 42.0. The van der Waals surface area contributed by atoms with Crippen LogP contribution in [-0.2, 0) is 63.0 Å². The van der Waals surface area contributed by atoms with E-state index in [1.165, 1.54) is 91.1 Å². The summed E-state index contributed by atoms with van der Waals surface area (Å²) in [6.07, 6.45) is 6.93. The Balaban J connectivity index is 0.000000188. The van der Waals surface area contributed by atoms with E-state index in [-0.39, 0.29) is 56.8 Å². The van der Waals surface area contributed by atoms with Gasteiger partial charge in [-0.3, -0.25) is 4.79 Å². The summed E-state index contributed by atoms with van der Waals surface area (Å²) >= 11 is 0. The number of hydrogen-bond acceptors (Lipinski definition) is 16. The number of aryl methyl sites for hydroxylation is 2. The zero-order valence-electron chi connectivity index (χ0n) is 73.2. The Morgan fingerprint density at radius 3 is 1.24 bits per heavy atom. The molecule has 1 saturated heterocycles. The van der Waals surface area contributed by atoms with E-state index in [9.17, 15) is 45.1 Å². The number of rotatable bonds is 28. The van der Waals surface area contributed by atoms with Gasteiger partial charge in [-0.25, -0.2) is 31.2 Å². The van der Waals surface area contributed by atoms with Crippen LogP contribution in [0.5, 0.6) is 34.5 Å². The molecule has 0 N–H and O–H groups in total. The minimum Gasteiger partial charge on any atom is -0.744 e. The second-order valence-electron chi connectivity index (χ2n) is 31.2. The molecule has 0 bridgehead atoms. The van der Waals surface area contributed by atoms with Crippen LogP contribution in [0.15, 0.2) is 322 Å². The van der Waals surface area contributed by atoms with Gasteiger partial charge in [0.1, 0.15) is 72.8 Å². The van der Waals surface area contributed by atoms with E-state index in [0.29, 0.717) is 69.8 Å². The Kier molecular flexibility index (Phi) is 39.2. The summed E-state index contributed by atoms with van der Waals surface area (Å²) in [4.78, 5) is 51.0. The summed E-state index contributed by atoms with van der Waals surface area (Å²) in [5, 5.41) is 2.00. The van der Waals surface area contributed by atoms with Gasteiger partial charge in [0.05, 0.1) is 26.2 Å². The van der Waals surface area contributed by atoms with E-state index in [1.807, 2.05) is 113 Å². The smallest absolute Gasteiger partial charge is 0.349 e. The number of carbonyl (C=O) groups is 4. The molecule has 12 aromatic rings. The van der Waals surface area contributed by atoms with Gasteiger partial charge in [-0.05, 0) is 265 Å². The zero-order chi connectivity index (χ0) is 89.8. The van der Waals surface area contributed by atoms with Gasteiger partial charge in [0.2, 0.25) is 0 Å². The molecule has 0 radical (unpaired) electrons. The normalized spacial score (nSPS) is 12.8. The second-order valence-corrected chi connectivity index (χ2v) is 38.4. The molecule has 0 aliphatic carbocycles. The number of esters is 3. The van der Waals surface area contributed by atoms with Crippen molar-refractivity contribution in [3.05, 3.63) is 342 Å². The molecule has 1 fully saturated rings. The topological polar surface area (TPSA) is 238 Å². The van der Waals surface area contributed by atoms with Crippen LogP contribution in [0.25, 0.3) is 10.8 Å². The summed E-state index contributed by atoms with van der Waals surface area (Å²) in [6, 6.07) is 92.8. The molecule has 0 aromatic heterocycles. The van der Waals surface area contributed by atoms with Crippen molar-refractivity contribution in [2.75, 3.05) is 30.5 Å². The van der Waals surface area contributed by atoms with Crippen molar-refractivity contribution < 1.29 is 73.5 Å². The molecule has 4 atom stereocenters. The molecule has 4 unspecified atom stereocenters. The number of ether oxygens (including phenoxy) is 6. The van der Waals surface area contributed by atoms with E-state index in [4.69, 9.17) is 28.4 Å². The number of fused-ring (bicyclic) bond motifs is 1. The van der Waals surface area contributed by atoms with Gasteiger partial charge in [0, 0.05) is 10.8 Å². The molecule has 124 heavy (non-hydrogen) atoms. The van der Waals surface area contributed by atoms with E-state index in [2.05, 4.69) is 208 Å². The van der Waals surface area contributed by atoms with Gasteiger partial charge in [0.25, 0.3) is 0 Å². The first-order valence-corrected chi connectivity index (χ1v) is 47.8. The van der Waals surface area contributed by atoms with Gasteiger partial charge >= 0.3 is 17.9 Å². The average molecular weight is 1750 g/mol. The summed E-state index contributed by atoms with van der Waals surface area (Å²) < 4.78 is 98.0. The van der Waals surface area contributed by atoms with Crippen molar-refractivity contribution in [3.63, 3.8) is 0 Å². The fourth-order valence-electron chi connectivity index (χ4n) is 12.7. The Morgan fingerprint density at radius 1 is 0.403 bits per heavy atom. The van der Waals surface area contributed by atoms with Crippen LogP contribution < -0.4 is 28.4 Å². The quantitative estimate of drug-likeness (QED) is 0.0192. The molecule has 1 aliphatic rings. The molecular formula is C104H116O16S4. The van der Waals surface area contributed by atoms with Crippen LogP contribution in [0.3, 0.4) is 0 Å². The second kappa shape index (κ2) is 49.4. The van der Waals surface area contributed by atoms with Crippen LogP contribution >= 0.6 is 0 Å². The SMILES string of the molecule is CC(C)(C)C(=O)C[S+]1CCCC1.CCC(C)c1cccc(OC(=O)c2ccccc2C)c1.CCC(C)c1cccc(OCC(=O)Oc2ccc(S(=O)(=O)[O-])cc2)c1.CCC(C)c1cccc(OCc2ccccc2C)c1.CCC(C)c1cccc2c(OCC(=O)Oc3ccc(S(=O)(=O)[O-])cc3)cccc12.c1ccc([S+](c2ccccc2)c2ccccc2)cc1. The Morgan fingerprint density at radius 2 is 0.798 bits per heavy atom. The standard InChI is InChI=1S/C22H22O6S.C18H20O6S.C18H20O2.C18H22O.C18H15S.C10H19OS/c1-3-15(2)18-6-4-8-20-19(18)7-5-9-21(20)27-14-22(23)28-16-10-12-17(13-11-16)29(24,25)26;1-3-13(2)14-5-4-6-16(11-14)23-12-18(19)24-15-7-9-17(10-8-15)25(20,21)22;1-4-13(2)15-9-7-10-16(12-15)20-18(19)17-11-6-5-8-14(17)3;1-4-14(2)16-10-7-11-18(12-16)19-13-17-9-6-5-8-15(17)3;1-4-10-16(11-5-1)19(17-12-6-2-7-13-17)18-14-8-3-9-15-18;1-10(2,3)9(11)8-12-6-4-5-7-12/h4-13,15H,3,14H2,1-2H3,(H,24,25,26);4-11,13H,3,12H2,1-2H3,(H,20,21,22);5-13H,4H2,1-3H3;5-12,14H,4,13H2,1-3H3;1-15H;4-8H2,1-3H3/q;;;;2*+1/p-2. The van der Waals surface area contributed by atoms with Crippen molar-refractivity contribution >= 4 is 76.5 Å². The Bertz CT molecular complexity index is 5490. The van der Waals surface area contributed by atoms with Gasteiger partial charge in [-0.15, -0.1) is 0 Å². The predicted octanol–water partition coefficient (Wildman–Crippen LogP) is 23.9. The highest BCUT2D eigenvalue weighted by Crippen LogP contribution is 2.35. The van der Waals surface area contributed by atoms with Crippen LogP contribution in [0.1, 0.15) is 188 Å². The summed E-state index contributed by atoms with van der Waals surface area (Å²) in [5.41, 5.74) is 8.85. The first-order chi connectivity index (χ1) is 59.3. The van der Waals surface area contributed by atoms with E-state index < -0.39 is 32.2 Å². The number of hydrogen-bond donors (Lipinski definition) is 0. The Hall–Kier alpha value is -11.1. The van der Waals surface area contributed by atoms with E-state index >= 15 is 0 Å². The molecule has 16 nitrogen and oxygen atoms in total. The number of Topliss-reactive ketones (excluding diaryl/α,β-unsaturated/α-hetero) is 1.